The lowest BCUT2D eigenvalue weighted by atomic mass is 9.87. The van der Waals surface area contributed by atoms with E-state index in [2.05, 4.69) is 10.6 Å². The maximum Gasteiger partial charge on any atom is 0.239 e. The zero-order valence-corrected chi connectivity index (χ0v) is 11.5. The molecule has 2 rings (SSSR count). The first-order chi connectivity index (χ1) is 9.22. The highest BCUT2D eigenvalue weighted by molar-refractivity contribution is 5.87. The van der Waals surface area contributed by atoms with Crippen LogP contribution in [0, 0.1) is 0 Å². The number of amides is 2. The second kappa shape index (κ2) is 6.86. The Labute approximate surface area is 113 Å². The van der Waals surface area contributed by atoms with E-state index in [-0.39, 0.29) is 37.0 Å². The van der Waals surface area contributed by atoms with Crippen molar-refractivity contribution in [3.63, 3.8) is 0 Å². The van der Waals surface area contributed by atoms with Gasteiger partial charge in [-0.05, 0) is 12.8 Å². The third-order valence-corrected chi connectivity index (χ3v) is 3.87. The molecule has 0 aromatic heterocycles. The summed E-state index contributed by atoms with van der Waals surface area (Å²) in [6, 6.07) is 0.334. The van der Waals surface area contributed by atoms with Crippen LogP contribution in [0.25, 0.3) is 0 Å². The van der Waals surface area contributed by atoms with E-state index in [9.17, 15) is 9.59 Å². The summed E-state index contributed by atoms with van der Waals surface area (Å²) in [6.07, 6.45) is 4.25. The summed E-state index contributed by atoms with van der Waals surface area (Å²) in [4.78, 5) is 25.6. The van der Waals surface area contributed by atoms with Crippen LogP contribution in [0.15, 0.2) is 0 Å². The number of ether oxygens (including phenoxy) is 1. The van der Waals surface area contributed by atoms with Crippen LogP contribution in [0.5, 0.6) is 0 Å². The van der Waals surface area contributed by atoms with E-state index >= 15 is 0 Å². The smallest absolute Gasteiger partial charge is 0.239 e. The fraction of sp³-hybridized carbons (Fsp3) is 0.846. The first kappa shape index (κ1) is 14.3. The summed E-state index contributed by atoms with van der Waals surface area (Å²) in [6.45, 7) is 1.71. The van der Waals surface area contributed by atoms with Gasteiger partial charge in [0.25, 0.3) is 0 Å². The summed E-state index contributed by atoms with van der Waals surface area (Å²) in [7, 11) is 1.63. The Morgan fingerprint density at radius 2 is 2.26 bits per heavy atom. The number of hydrogen-bond acceptors (Lipinski definition) is 4. The zero-order valence-electron chi connectivity index (χ0n) is 11.5. The highest BCUT2D eigenvalue weighted by Crippen LogP contribution is 2.25. The van der Waals surface area contributed by atoms with E-state index < -0.39 is 0 Å². The van der Waals surface area contributed by atoms with Crippen molar-refractivity contribution in [2.24, 2.45) is 0 Å². The monoisotopic (exact) mass is 269 g/mol. The highest BCUT2D eigenvalue weighted by Gasteiger charge is 2.38. The number of nitrogens with zero attached hydrogens (tertiary/aromatic N) is 1. The molecule has 2 aliphatic rings. The molecular formula is C13H23N3O3. The van der Waals surface area contributed by atoms with E-state index in [1.54, 1.807) is 12.0 Å². The lowest BCUT2D eigenvalue weighted by Gasteiger charge is -2.44. The molecule has 1 aliphatic carbocycles. The van der Waals surface area contributed by atoms with Crippen molar-refractivity contribution in [1.29, 1.82) is 0 Å². The van der Waals surface area contributed by atoms with E-state index in [4.69, 9.17) is 4.74 Å². The summed E-state index contributed by atoms with van der Waals surface area (Å²) >= 11 is 0. The van der Waals surface area contributed by atoms with Gasteiger partial charge in [0.2, 0.25) is 11.8 Å². The number of hydrogen-bond donors (Lipinski definition) is 2. The Bertz CT molecular complexity index is 335. The first-order valence-electron chi connectivity index (χ1n) is 7.01. The van der Waals surface area contributed by atoms with E-state index in [0.717, 1.165) is 25.7 Å². The molecule has 0 bridgehead atoms. The average Bonchev–Trinajstić information content (AvgIpc) is 2.42. The third kappa shape index (κ3) is 3.67. The summed E-state index contributed by atoms with van der Waals surface area (Å²) in [5.74, 6) is -0.0174. The molecule has 2 N–H and O–H groups in total. The maximum atomic E-state index is 12.2. The Hall–Kier alpha value is -1.14. The Kier molecular flexibility index (Phi) is 5.15. The fourth-order valence-corrected chi connectivity index (χ4v) is 2.92. The van der Waals surface area contributed by atoms with Crippen molar-refractivity contribution in [2.45, 2.75) is 37.8 Å². The van der Waals surface area contributed by atoms with Gasteiger partial charge in [0.1, 0.15) is 0 Å². The van der Waals surface area contributed by atoms with Crippen LogP contribution < -0.4 is 10.6 Å². The van der Waals surface area contributed by atoms with Crippen LogP contribution in [0.2, 0.25) is 0 Å². The summed E-state index contributed by atoms with van der Waals surface area (Å²) < 4.78 is 4.92. The highest BCUT2D eigenvalue weighted by atomic mass is 16.5. The molecule has 2 unspecified atom stereocenters. The van der Waals surface area contributed by atoms with Gasteiger partial charge >= 0.3 is 0 Å². The predicted octanol–water partition coefficient (Wildman–Crippen LogP) is -0.508. The van der Waals surface area contributed by atoms with Crippen LogP contribution in [-0.2, 0) is 14.3 Å². The maximum absolute atomic E-state index is 12.2. The minimum Gasteiger partial charge on any atom is -0.383 e. The van der Waals surface area contributed by atoms with Gasteiger partial charge in [0, 0.05) is 19.7 Å². The second-order valence-corrected chi connectivity index (χ2v) is 5.22. The van der Waals surface area contributed by atoms with Crippen molar-refractivity contribution in [1.82, 2.24) is 15.5 Å². The number of methoxy groups -OCH3 is 1. The van der Waals surface area contributed by atoms with Crippen LogP contribution in [-0.4, -0.2) is 62.1 Å². The molecule has 6 nitrogen and oxygen atoms in total. The molecule has 0 spiro atoms. The second-order valence-electron chi connectivity index (χ2n) is 5.22. The molecule has 6 heteroatoms. The Morgan fingerprint density at radius 1 is 1.47 bits per heavy atom. The van der Waals surface area contributed by atoms with Gasteiger partial charge in [-0.15, -0.1) is 0 Å². The fourth-order valence-electron chi connectivity index (χ4n) is 2.92. The van der Waals surface area contributed by atoms with Gasteiger partial charge in [-0.25, -0.2) is 0 Å². The average molecular weight is 269 g/mol. The zero-order chi connectivity index (χ0) is 13.7. The van der Waals surface area contributed by atoms with Gasteiger partial charge in [-0.3, -0.25) is 9.59 Å². The lowest BCUT2D eigenvalue weighted by molar-refractivity contribution is -0.143. The van der Waals surface area contributed by atoms with Gasteiger partial charge < -0.3 is 20.3 Å². The van der Waals surface area contributed by atoms with Crippen LogP contribution in [0.3, 0.4) is 0 Å². The number of rotatable bonds is 5. The molecular weight excluding hydrogens is 246 g/mol. The van der Waals surface area contributed by atoms with E-state index in [1.165, 1.54) is 0 Å². The van der Waals surface area contributed by atoms with Crippen molar-refractivity contribution in [3.05, 3.63) is 0 Å². The Morgan fingerprint density at radius 3 is 3.05 bits per heavy atom. The van der Waals surface area contributed by atoms with Gasteiger partial charge in [0.15, 0.2) is 0 Å². The Balaban J connectivity index is 1.88. The molecule has 0 radical (unpaired) electrons. The van der Waals surface area contributed by atoms with Crippen LogP contribution in [0.1, 0.15) is 25.7 Å². The molecule has 2 amide bonds. The number of carbonyl (C=O) groups excluding carboxylic acids is 2. The number of nitrogens with one attached hydrogen (secondary N) is 2. The minimum atomic E-state index is -0.0339. The predicted molar refractivity (Wildman–Crippen MR) is 70.6 cm³/mol. The molecule has 1 saturated carbocycles. The number of fused-ring (bicyclic) bond motifs is 1. The molecule has 1 heterocycles. The standard InChI is InChI=1S/C13H23N3O3/c1-19-7-6-14-8-13(18)16-9-12(17)15-10-4-2-3-5-11(10)16/h10-11,14H,2-9H2,1H3,(H,15,17). The van der Waals surface area contributed by atoms with Crippen molar-refractivity contribution < 1.29 is 14.3 Å². The van der Waals surface area contributed by atoms with Crippen molar-refractivity contribution in [2.75, 3.05) is 33.4 Å². The van der Waals surface area contributed by atoms with Crippen molar-refractivity contribution >= 4 is 11.8 Å². The largest absolute Gasteiger partial charge is 0.383 e. The van der Waals surface area contributed by atoms with Crippen LogP contribution >= 0.6 is 0 Å². The minimum absolute atomic E-state index is 0.0165. The summed E-state index contributed by atoms with van der Waals surface area (Å²) in [5.41, 5.74) is 0. The molecule has 2 fully saturated rings. The molecule has 1 saturated heterocycles. The molecule has 19 heavy (non-hydrogen) atoms. The van der Waals surface area contributed by atoms with Gasteiger partial charge in [-0.2, -0.15) is 0 Å². The molecule has 0 aromatic rings. The SMILES string of the molecule is COCCNCC(=O)N1CC(=O)NC2CCCCC21. The van der Waals surface area contributed by atoms with E-state index in [1.807, 2.05) is 0 Å². The van der Waals surface area contributed by atoms with Gasteiger partial charge in [-0.1, -0.05) is 12.8 Å². The molecule has 108 valence electrons. The molecule has 1 aliphatic heterocycles. The lowest BCUT2D eigenvalue weighted by Crippen LogP contribution is -2.63. The summed E-state index contributed by atoms with van der Waals surface area (Å²) in [5, 5.41) is 6.05. The quantitative estimate of drug-likeness (QED) is 0.660. The topological polar surface area (TPSA) is 70.7 Å². The third-order valence-electron chi connectivity index (χ3n) is 3.87. The normalized spacial score (nSPS) is 26.8. The first-order valence-corrected chi connectivity index (χ1v) is 7.01. The number of carbonyl (C=O) groups is 2. The van der Waals surface area contributed by atoms with Gasteiger partial charge in [0.05, 0.1) is 25.7 Å². The molecule has 0 aromatic carbocycles. The van der Waals surface area contributed by atoms with Crippen molar-refractivity contribution in [3.8, 4) is 0 Å². The number of piperazine rings is 1. The molecule has 2 atom stereocenters. The van der Waals surface area contributed by atoms with Crippen LogP contribution in [0.4, 0.5) is 0 Å². The van der Waals surface area contributed by atoms with E-state index in [0.29, 0.717) is 13.2 Å².